The number of hydrogen-bond donors (Lipinski definition) is 0. The van der Waals surface area contributed by atoms with Gasteiger partial charge in [-0.2, -0.15) is 0 Å². The summed E-state index contributed by atoms with van der Waals surface area (Å²) in [5.74, 6) is -0.457. The third-order valence-corrected chi connectivity index (χ3v) is 4.90. The molecule has 1 heterocycles. The Morgan fingerprint density at radius 3 is 2.46 bits per heavy atom. The zero-order chi connectivity index (χ0) is 29.2. The molecule has 4 aromatic rings. The van der Waals surface area contributed by atoms with Gasteiger partial charge in [-0.1, -0.05) is 81.1 Å². The van der Waals surface area contributed by atoms with Crippen molar-refractivity contribution in [3.8, 4) is 0 Å². The number of ketones is 1. The molecule has 0 saturated heterocycles. The highest BCUT2D eigenvalue weighted by Crippen LogP contribution is 2.29. The molecule has 0 saturated carbocycles. The molecule has 0 aliphatic carbocycles. The first-order valence-electron chi connectivity index (χ1n) is 14.6. The predicted molar refractivity (Wildman–Crippen MR) is 118 cm³/mol. The molecule has 1 aromatic heterocycles. The lowest BCUT2D eigenvalue weighted by Crippen LogP contribution is -2.03. The van der Waals surface area contributed by atoms with Gasteiger partial charge in [0.2, 0.25) is 0 Å². The minimum absolute atomic E-state index is 0.0408. The van der Waals surface area contributed by atoms with Gasteiger partial charge in [0.15, 0.2) is 5.78 Å². The van der Waals surface area contributed by atoms with Crippen LogP contribution in [0.5, 0.6) is 0 Å². The van der Waals surface area contributed by atoms with Gasteiger partial charge in [0.1, 0.15) is 0 Å². The molecular weight excluding hydrogens is 342 g/mol. The Balaban J connectivity index is 1.93. The number of nitrogens with zero attached hydrogens (tertiary/aromatic N) is 1. The zero-order valence-electron chi connectivity index (χ0n) is 26.4. The van der Waals surface area contributed by atoms with E-state index in [-0.39, 0.29) is 16.5 Å². The minimum Gasteiger partial charge on any atom is -0.347 e. The zero-order valence-corrected chi connectivity index (χ0v) is 15.4. The lowest BCUT2D eigenvalue weighted by atomic mass is 9.93. The van der Waals surface area contributed by atoms with E-state index in [0.717, 1.165) is 28.1 Å². The molecule has 0 radical (unpaired) electrons. The second kappa shape index (κ2) is 8.02. The average Bonchev–Trinajstić information content (AvgIpc) is 3.27. The molecule has 142 valence electrons. The van der Waals surface area contributed by atoms with Crippen LogP contribution in [0.25, 0.3) is 21.7 Å². The number of rotatable bonds is 7. The van der Waals surface area contributed by atoms with E-state index in [1.165, 1.54) is 6.07 Å². The number of carbonyl (C=O) groups excluding carboxylic acids is 1. The minimum atomic E-state index is -3.81. The number of aromatic nitrogens is 1. The molecule has 0 aliphatic heterocycles. The van der Waals surface area contributed by atoms with E-state index in [4.69, 9.17) is 15.1 Å². The Morgan fingerprint density at radius 2 is 1.68 bits per heavy atom. The maximum absolute atomic E-state index is 13.9. The highest BCUT2D eigenvalue weighted by Gasteiger charge is 2.19. The van der Waals surface area contributed by atoms with E-state index < -0.39 is 38.3 Å². The molecule has 3 aromatic carbocycles. The summed E-state index contributed by atoms with van der Waals surface area (Å²) in [5.41, 5.74) is 1.50. The number of para-hydroxylation sites is 1. The third-order valence-electron chi connectivity index (χ3n) is 4.90. The molecular formula is C26H27NO. The van der Waals surface area contributed by atoms with Crippen molar-refractivity contribution >= 4 is 27.5 Å². The Morgan fingerprint density at radius 1 is 0.929 bits per heavy atom. The molecule has 2 nitrogen and oxygen atoms in total. The molecule has 0 fully saturated rings. The van der Waals surface area contributed by atoms with Crippen molar-refractivity contribution in [2.24, 2.45) is 0 Å². The average molecular weight is 381 g/mol. The highest BCUT2D eigenvalue weighted by molar-refractivity contribution is 6.21. The summed E-state index contributed by atoms with van der Waals surface area (Å²) in [6.07, 6.45) is -9.41. The van der Waals surface area contributed by atoms with Crippen LogP contribution in [0.4, 0.5) is 0 Å². The van der Waals surface area contributed by atoms with Crippen LogP contribution in [0.1, 0.15) is 69.5 Å². The molecule has 0 atom stereocenters. The normalized spacial score (nSPS) is 19.7. The maximum atomic E-state index is 13.9. The van der Waals surface area contributed by atoms with Crippen molar-refractivity contribution in [3.63, 3.8) is 0 Å². The van der Waals surface area contributed by atoms with Gasteiger partial charge in [-0.25, -0.2) is 0 Å². The fraction of sp³-hybridized carbons (Fsp3) is 0.269. The fourth-order valence-electron chi connectivity index (χ4n) is 3.59. The van der Waals surface area contributed by atoms with E-state index in [2.05, 4.69) is 0 Å². The van der Waals surface area contributed by atoms with Gasteiger partial charge >= 0.3 is 0 Å². The van der Waals surface area contributed by atoms with Crippen LogP contribution < -0.4 is 0 Å². The summed E-state index contributed by atoms with van der Waals surface area (Å²) in [6.45, 7) is -4.90. The van der Waals surface area contributed by atoms with E-state index in [1.807, 2.05) is 31.2 Å². The Bertz CT molecular complexity index is 1570. The Kier molecular flexibility index (Phi) is 2.74. The van der Waals surface area contributed by atoms with E-state index in [1.54, 1.807) is 30.3 Å². The van der Waals surface area contributed by atoms with Crippen LogP contribution in [-0.4, -0.2) is 10.4 Å². The standard InChI is InChI=1S/C26H27NO/c1-3-5-10-17-27-18-24(22-13-8-9-14-25(22)27)26(28)23-16-15-19(4-2)20-11-6-7-12-21(20)23/h6-9,11-16,18H,3-5,10,17H2,1-2H3/i1D3,3D2,5D2,10D2,17D2. The lowest BCUT2D eigenvalue weighted by Gasteiger charge is -2.09. The first-order chi connectivity index (χ1) is 17.9. The van der Waals surface area contributed by atoms with Gasteiger partial charge in [0.05, 0.1) is 0 Å². The second-order valence-electron chi connectivity index (χ2n) is 6.42. The van der Waals surface area contributed by atoms with E-state index in [9.17, 15) is 4.79 Å². The molecule has 0 N–H and O–H groups in total. The second-order valence-corrected chi connectivity index (χ2v) is 6.42. The van der Waals surface area contributed by atoms with Crippen molar-refractivity contribution < 1.29 is 19.9 Å². The largest absolute Gasteiger partial charge is 0.347 e. The molecule has 0 amide bonds. The third kappa shape index (κ3) is 3.24. The number of aryl methyl sites for hydroxylation is 2. The lowest BCUT2D eigenvalue weighted by molar-refractivity contribution is 0.104. The van der Waals surface area contributed by atoms with Crippen LogP contribution in [0.2, 0.25) is 0 Å². The molecule has 0 aliphatic rings. The van der Waals surface area contributed by atoms with Gasteiger partial charge in [-0.05, 0) is 35.2 Å². The molecule has 4 rings (SSSR count). The van der Waals surface area contributed by atoms with Crippen LogP contribution >= 0.6 is 0 Å². The SMILES string of the molecule is [2H]C([2H])([2H])C([2H])([2H])C([2H])([2H])C([2H])([2H])C([2H])([2H])n1cc(C(=O)c2ccc(CC)c3ccccc23)c2ccccc21. The molecule has 0 spiro atoms. The van der Waals surface area contributed by atoms with E-state index >= 15 is 0 Å². The topological polar surface area (TPSA) is 22.0 Å². The van der Waals surface area contributed by atoms with Crippen molar-refractivity contribution in [1.29, 1.82) is 0 Å². The predicted octanol–water partition coefficient (Wildman–Crippen LogP) is 6.78. The van der Waals surface area contributed by atoms with Gasteiger partial charge in [-0.15, -0.1) is 0 Å². The van der Waals surface area contributed by atoms with Crippen LogP contribution in [-0.2, 0) is 12.9 Å². The summed E-state index contributed by atoms with van der Waals surface area (Å²) in [5, 5.41) is 1.87. The number of carbonyl (C=O) groups is 1. The number of benzene rings is 3. The summed E-state index contributed by atoms with van der Waals surface area (Å²) < 4.78 is 89.5. The first kappa shape index (κ1) is 9.56. The maximum Gasteiger partial charge on any atom is 0.195 e. The smallest absolute Gasteiger partial charge is 0.195 e. The van der Waals surface area contributed by atoms with Crippen LogP contribution in [0, 0.1) is 0 Å². The summed E-state index contributed by atoms with van der Waals surface area (Å²) in [6, 6.07) is 17.1. The first-order valence-corrected chi connectivity index (χ1v) is 9.07. The molecule has 28 heavy (non-hydrogen) atoms. The highest BCUT2D eigenvalue weighted by atomic mass is 16.1. The number of hydrogen-bond acceptors (Lipinski definition) is 1. The molecule has 2 heteroatoms. The monoisotopic (exact) mass is 380 g/mol. The van der Waals surface area contributed by atoms with Gasteiger partial charge in [0, 0.05) is 49.8 Å². The molecule has 0 unspecified atom stereocenters. The fourth-order valence-corrected chi connectivity index (χ4v) is 3.59. The summed E-state index contributed by atoms with van der Waals surface area (Å²) >= 11 is 0. The Hall–Kier alpha value is -2.87. The van der Waals surface area contributed by atoms with Gasteiger partial charge in [0.25, 0.3) is 0 Å². The van der Waals surface area contributed by atoms with Crippen molar-refractivity contribution in [2.45, 2.75) is 45.8 Å². The van der Waals surface area contributed by atoms with Gasteiger partial charge < -0.3 is 4.57 Å². The van der Waals surface area contributed by atoms with Crippen molar-refractivity contribution in [2.75, 3.05) is 0 Å². The van der Waals surface area contributed by atoms with E-state index in [0.29, 0.717) is 10.9 Å². The van der Waals surface area contributed by atoms with Crippen LogP contribution in [0.15, 0.2) is 66.9 Å². The van der Waals surface area contributed by atoms with Gasteiger partial charge in [-0.3, -0.25) is 4.79 Å². The molecule has 0 bridgehead atoms. The van der Waals surface area contributed by atoms with Crippen LogP contribution in [0.3, 0.4) is 0 Å². The van der Waals surface area contributed by atoms with Crippen molar-refractivity contribution in [1.82, 2.24) is 4.57 Å². The number of fused-ring (bicyclic) bond motifs is 2. The summed E-state index contributed by atoms with van der Waals surface area (Å²) in [4.78, 5) is 13.9. The summed E-state index contributed by atoms with van der Waals surface area (Å²) in [7, 11) is 0. The quantitative estimate of drug-likeness (QED) is 0.324. The van der Waals surface area contributed by atoms with Crippen molar-refractivity contribution in [3.05, 3.63) is 83.6 Å². The Labute approximate surface area is 182 Å².